The van der Waals surface area contributed by atoms with Crippen molar-refractivity contribution >= 4 is 17.9 Å². The van der Waals surface area contributed by atoms with Crippen LogP contribution in [0.3, 0.4) is 0 Å². The largest absolute Gasteiger partial charge is 0.450 e. The molecule has 9 heteroatoms. The monoisotopic (exact) mass is 387 g/mol. The number of nitrogens with one attached hydrogen (secondary N) is 1. The average molecular weight is 387 g/mol. The second kappa shape index (κ2) is 9.12. The molecule has 0 spiro atoms. The predicted octanol–water partition coefficient (Wildman–Crippen LogP) is 2.14. The lowest BCUT2D eigenvalue weighted by atomic mass is 10.2. The number of amides is 2. The third-order valence-electron chi connectivity index (χ3n) is 4.36. The van der Waals surface area contributed by atoms with E-state index in [0.29, 0.717) is 38.3 Å². The van der Waals surface area contributed by atoms with E-state index in [2.05, 4.69) is 15.3 Å². The molecule has 0 aliphatic carbocycles. The Morgan fingerprint density at radius 2 is 1.86 bits per heavy atom. The molecule has 1 aromatic carbocycles. The van der Waals surface area contributed by atoms with Gasteiger partial charge >= 0.3 is 6.09 Å². The van der Waals surface area contributed by atoms with Gasteiger partial charge in [-0.05, 0) is 19.1 Å². The number of anilines is 1. The van der Waals surface area contributed by atoms with Gasteiger partial charge in [0.2, 0.25) is 5.95 Å². The molecule has 2 aromatic rings. The fourth-order valence-corrected chi connectivity index (χ4v) is 2.85. The minimum Gasteiger partial charge on any atom is -0.450 e. The number of carbonyl (C=O) groups excluding carboxylic acids is 2. The Kier molecular flexibility index (Phi) is 6.36. The van der Waals surface area contributed by atoms with E-state index < -0.39 is 0 Å². The van der Waals surface area contributed by atoms with Gasteiger partial charge in [0.25, 0.3) is 5.91 Å². The van der Waals surface area contributed by atoms with Gasteiger partial charge in [-0.25, -0.2) is 19.2 Å². The van der Waals surface area contributed by atoms with E-state index in [0.717, 1.165) is 0 Å². The summed E-state index contributed by atoms with van der Waals surface area (Å²) in [5.74, 6) is -0.305. The van der Waals surface area contributed by atoms with Crippen molar-refractivity contribution in [2.24, 2.45) is 0 Å². The molecule has 1 aromatic heterocycles. The summed E-state index contributed by atoms with van der Waals surface area (Å²) in [4.78, 5) is 36.0. The summed E-state index contributed by atoms with van der Waals surface area (Å²) in [7, 11) is 0. The fraction of sp³-hybridized carbons (Fsp3) is 0.368. The zero-order chi connectivity index (χ0) is 19.9. The Bertz CT molecular complexity index is 840. The van der Waals surface area contributed by atoms with Gasteiger partial charge in [0.05, 0.1) is 6.61 Å². The van der Waals surface area contributed by atoms with Gasteiger partial charge in [0, 0.05) is 44.5 Å². The summed E-state index contributed by atoms with van der Waals surface area (Å²) >= 11 is 0. The van der Waals surface area contributed by atoms with Crippen molar-refractivity contribution in [3.05, 3.63) is 53.6 Å². The van der Waals surface area contributed by atoms with Crippen LogP contribution in [0.5, 0.6) is 0 Å². The Morgan fingerprint density at radius 1 is 1.14 bits per heavy atom. The predicted molar refractivity (Wildman–Crippen MR) is 100 cm³/mol. The molecular weight excluding hydrogens is 365 g/mol. The molecular formula is C19H22FN5O3. The maximum absolute atomic E-state index is 13.7. The Morgan fingerprint density at radius 3 is 2.57 bits per heavy atom. The molecule has 1 aliphatic rings. The van der Waals surface area contributed by atoms with Crippen molar-refractivity contribution in [2.45, 2.75) is 13.5 Å². The van der Waals surface area contributed by atoms with Crippen LogP contribution in [0.2, 0.25) is 0 Å². The lowest BCUT2D eigenvalue weighted by Crippen LogP contribution is -2.50. The molecule has 0 radical (unpaired) electrons. The van der Waals surface area contributed by atoms with E-state index in [4.69, 9.17) is 4.74 Å². The number of halogens is 1. The number of carbonyl (C=O) groups is 2. The van der Waals surface area contributed by atoms with Gasteiger partial charge < -0.3 is 19.9 Å². The number of ether oxygens (including phenoxy) is 1. The van der Waals surface area contributed by atoms with Gasteiger partial charge in [-0.2, -0.15) is 0 Å². The van der Waals surface area contributed by atoms with Crippen LogP contribution in [-0.2, 0) is 11.3 Å². The van der Waals surface area contributed by atoms with Crippen LogP contribution in [-0.4, -0.2) is 64.6 Å². The van der Waals surface area contributed by atoms with E-state index >= 15 is 0 Å². The number of benzene rings is 1. The molecule has 1 fully saturated rings. The molecule has 0 bridgehead atoms. The normalized spacial score (nSPS) is 13.9. The molecule has 2 amide bonds. The molecule has 1 aliphatic heterocycles. The van der Waals surface area contributed by atoms with E-state index in [1.807, 2.05) is 0 Å². The second-order valence-electron chi connectivity index (χ2n) is 6.19. The van der Waals surface area contributed by atoms with Crippen molar-refractivity contribution in [3.8, 4) is 0 Å². The van der Waals surface area contributed by atoms with E-state index in [-0.39, 0.29) is 36.0 Å². The first-order valence-corrected chi connectivity index (χ1v) is 9.09. The molecule has 8 nitrogen and oxygen atoms in total. The third kappa shape index (κ3) is 4.73. The van der Waals surface area contributed by atoms with E-state index in [1.54, 1.807) is 34.9 Å². The van der Waals surface area contributed by atoms with Crippen LogP contribution < -0.4 is 5.32 Å². The van der Waals surface area contributed by atoms with Gasteiger partial charge in [-0.1, -0.05) is 18.2 Å². The van der Waals surface area contributed by atoms with Crippen molar-refractivity contribution in [2.75, 3.05) is 38.1 Å². The van der Waals surface area contributed by atoms with Crippen molar-refractivity contribution < 1.29 is 18.7 Å². The quantitative estimate of drug-likeness (QED) is 0.846. The minimum atomic E-state index is -0.365. The van der Waals surface area contributed by atoms with Gasteiger partial charge in [0.15, 0.2) is 0 Å². The van der Waals surface area contributed by atoms with E-state index in [1.165, 1.54) is 18.3 Å². The first-order valence-electron chi connectivity index (χ1n) is 9.09. The Labute approximate surface area is 162 Å². The maximum Gasteiger partial charge on any atom is 0.409 e. The zero-order valence-corrected chi connectivity index (χ0v) is 15.6. The summed E-state index contributed by atoms with van der Waals surface area (Å²) < 4.78 is 18.7. The standard InChI is InChI=1S/C19H22FN5O3/c1-2-28-19(27)25-11-9-24(10-12-25)17(26)16-7-8-21-18(23-16)22-13-14-5-3-4-6-15(14)20/h3-8H,2,9-13H2,1H3,(H,21,22,23). The topological polar surface area (TPSA) is 87.7 Å². The Balaban J connectivity index is 1.58. The first-order chi connectivity index (χ1) is 13.6. The lowest BCUT2D eigenvalue weighted by molar-refractivity contribution is 0.0566. The highest BCUT2D eigenvalue weighted by atomic mass is 19.1. The molecule has 0 atom stereocenters. The van der Waals surface area contributed by atoms with Crippen LogP contribution in [0.25, 0.3) is 0 Å². The summed E-state index contributed by atoms with van der Waals surface area (Å²) in [5.41, 5.74) is 0.730. The number of hydrogen-bond donors (Lipinski definition) is 1. The van der Waals surface area contributed by atoms with Gasteiger partial charge in [-0.15, -0.1) is 0 Å². The third-order valence-corrected chi connectivity index (χ3v) is 4.36. The SMILES string of the molecule is CCOC(=O)N1CCN(C(=O)c2ccnc(NCc3ccccc3F)n2)CC1. The average Bonchev–Trinajstić information content (AvgIpc) is 2.73. The number of hydrogen-bond acceptors (Lipinski definition) is 6. The minimum absolute atomic E-state index is 0.211. The molecule has 3 rings (SSSR count). The highest BCUT2D eigenvalue weighted by molar-refractivity contribution is 5.92. The number of nitrogens with zero attached hydrogens (tertiary/aromatic N) is 4. The van der Waals surface area contributed by atoms with Crippen LogP contribution in [0.15, 0.2) is 36.5 Å². The zero-order valence-electron chi connectivity index (χ0n) is 15.6. The molecule has 1 saturated heterocycles. The van der Waals surface area contributed by atoms with Crippen LogP contribution in [0, 0.1) is 5.82 Å². The molecule has 28 heavy (non-hydrogen) atoms. The molecule has 0 unspecified atom stereocenters. The number of aromatic nitrogens is 2. The molecule has 2 heterocycles. The fourth-order valence-electron chi connectivity index (χ4n) is 2.85. The van der Waals surface area contributed by atoms with Crippen LogP contribution in [0.4, 0.5) is 15.1 Å². The van der Waals surface area contributed by atoms with Crippen molar-refractivity contribution in [3.63, 3.8) is 0 Å². The smallest absolute Gasteiger partial charge is 0.409 e. The summed E-state index contributed by atoms with van der Waals surface area (Å²) in [6.45, 7) is 3.91. The summed E-state index contributed by atoms with van der Waals surface area (Å²) in [5, 5.41) is 2.93. The summed E-state index contributed by atoms with van der Waals surface area (Å²) in [6.07, 6.45) is 1.12. The maximum atomic E-state index is 13.7. The molecule has 148 valence electrons. The highest BCUT2D eigenvalue weighted by Gasteiger charge is 2.26. The second-order valence-corrected chi connectivity index (χ2v) is 6.19. The van der Waals surface area contributed by atoms with Crippen LogP contribution in [0.1, 0.15) is 23.0 Å². The van der Waals surface area contributed by atoms with Crippen molar-refractivity contribution in [1.29, 1.82) is 0 Å². The first kappa shape index (κ1) is 19.5. The molecule has 0 saturated carbocycles. The van der Waals surface area contributed by atoms with E-state index in [9.17, 15) is 14.0 Å². The van der Waals surface area contributed by atoms with Gasteiger partial charge in [0.1, 0.15) is 11.5 Å². The number of piperazine rings is 1. The number of rotatable bonds is 5. The summed E-state index contributed by atoms with van der Waals surface area (Å²) in [6, 6.07) is 7.95. The lowest BCUT2D eigenvalue weighted by Gasteiger charge is -2.33. The van der Waals surface area contributed by atoms with Crippen molar-refractivity contribution in [1.82, 2.24) is 19.8 Å². The van der Waals surface area contributed by atoms with Gasteiger partial charge in [-0.3, -0.25) is 4.79 Å². The van der Waals surface area contributed by atoms with Crippen LogP contribution >= 0.6 is 0 Å². The molecule has 1 N–H and O–H groups in total. The Hall–Kier alpha value is -3.23. The highest BCUT2D eigenvalue weighted by Crippen LogP contribution is 2.11.